The standard InChI is InChI=1S/C31H28N4O5S3/c1-31(2,43(4,39)40)24-17-23-9-6-14-32-28(23)26(18-24)22-8-5-7-20(15-22)16-27(29(36)34-30-35-33-19-41-30)21-10-12-25(13-11-21)42(3,37)38/h5-19H,1-4H3,(H,34,35,36)/b27-16+. The number of amides is 1. The third-order valence-corrected chi connectivity index (χ3v) is 11.1. The van der Waals surface area contributed by atoms with E-state index in [1.165, 1.54) is 35.2 Å². The minimum absolute atomic E-state index is 0.137. The number of fused-ring (bicyclic) bond motifs is 1. The highest BCUT2D eigenvalue weighted by molar-refractivity contribution is 7.91. The van der Waals surface area contributed by atoms with Gasteiger partial charge in [-0.25, -0.2) is 16.8 Å². The molecule has 0 aliphatic carbocycles. The molecule has 5 aromatic rings. The van der Waals surface area contributed by atoms with E-state index < -0.39 is 30.3 Å². The average molecular weight is 633 g/mol. The van der Waals surface area contributed by atoms with Crippen molar-refractivity contribution >= 4 is 64.6 Å². The van der Waals surface area contributed by atoms with E-state index in [4.69, 9.17) is 0 Å². The average Bonchev–Trinajstić information content (AvgIpc) is 3.47. The van der Waals surface area contributed by atoms with E-state index in [9.17, 15) is 21.6 Å². The number of nitrogens with one attached hydrogen (secondary N) is 1. The van der Waals surface area contributed by atoms with Gasteiger partial charge in [0.15, 0.2) is 19.7 Å². The Hall–Kier alpha value is -4.26. The lowest BCUT2D eigenvalue weighted by atomic mass is 9.92. The Morgan fingerprint density at radius 3 is 2.33 bits per heavy atom. The first kappa shape index (κ1) is 30.2. The van der Waals surface area contributed by atoms with Gasteiger partial charge >= 0.3 is 0 Å². The maximum Gasteiger partial charge on any atom is 0.258 e. The van der Waals surface area contributed by atoms with Gasteiger partial charge in [-0.1, -0.05) is 47.7 Å². The molecule has 220 valence electrons. The first-order valence-electron chi connectivity index (χ1n) is 13.0. The molecule has 0 atom stereocenters. The fourth-order valence-corrected chi connectivity index (χ4v) is 6.11. The van der Waals surface area contributed by atoms with Crippen LogP contribution in [0.25, 0.3) is 33.7 Å². The zero-order chi connectivity index (χ0) is 31.0. The van der Waals surface area contributed by atoms with Crippen molar-refractivity contribution < 1.29 is 21.6 Å². The van der Waals surface area contributed by atoms with E-state index >= 15 is 0 Å². The molecule has 1 amide bonds. The maximum atomic E-state index is 13.5. The first-order valence-corrected chi connectivity index (χ1v) is 17.7. The molecule has 2 heterocycles. The van der Waals surface area contributed by atoms with Crippen LogP contribution in [0.5, 0.6) is 0 Å². The fourth-order valence-electron chi connectivity index (χ4n) is 4.49. The third-order valence-electron chi connectivity index (χ3n) is 7.25. The van der Waals surface area contributed by atoms with Gasteiger partial charge < -0.3 is 0 Å². The van der Waals surface area contributed by atoms with Crippen LogP contribution >= 0.6 is 11.3 Å². The summed E-state index contributed by atoms with van der Waals surface area (Å²) in [6, 6.07) is 21.0. The number of hydrogen-bond acceptors (Lipinski definition) is 9. The van der Waals surface area contributed by atoms with Gasteiger partial charge in [-0.3, -0.25) is 15.1 Å². The van der Waals surface area contributed by atoms with Crippen molar-refractivity contribution in [2.24, 2.45) is 0 Å². The second kappa shape index (κ2) is 11.4. The molecule has 43 heavy (non-hydrogen) atoms. The number of benzene rings is 3. The number of aromatic nitrogens is 3. The molecule has 0 saturated carbocycles. The highest BCUT2D eigenvalue weighted by atomic mass is 32.2. The van der Waals surface area contributed by atoms with Crippen LogP contribution < -0.4 is 5.32 Å². The largest absolute Gasteiger partial charge is 0.296 e. The Labute approximate surface area is 254 Å². The topological polar surface area (TPSA) is 136 Å². The van der Waals surface area contributed by atoms with Gasteiger partial charge in [0.05, 0.1) is 15.2 Å². The molecule has 0 spiro atoms. The van der Waals surface area contributed by atoms with Crippen LogP contribution in [0, 0.1) is 0 Å². The molecule has 0 unspecified atom stereocenters. The third kappa shape index (κ3) is 6.41. The van der Waals surface area contributed by atoms with Crippen LogP contribution in [-0.4, -0.2) is 50.4 Å². The van der Waals surface area contributed by atoms with Crippen molar-refractivity contribution in [1.29, 1.82) is 0 Å². The molecule has 9 nitrogen and oxygen atoms in total. The summed E-state index contributed by atoms with van der Waals surface area (Å²) in [5.41, 5.74) is 5.84. The number of pyridine rings is 1. The van der Waals surface area contributed by atoms with E-state index in [0.717, 1.165) is 22.8 Å². The summed E-state index contributed by atoms with van der Waals surface area (Å²) < 4.78 is 48.3. The Balaban J connectivity index is 1.65. The Kier molecular flexibility index (Phi) is 8.03. The number of anilines is 1. The molecule has 0 bridgehead atoms. The molecular formula is C31H28N4O5S3. The lowest BCUT2D eigenvalue weighted by Crippen LogP contribution is -2.28. The Morgan fingerprint density at radius 2 is 1.67 bits per heavy atom. The summed E-state index contributed by atoms with van der Waals surface area (Å²) in [5, 5.41) is 11.5. The van der Waals surface area contributed by atoms with E-state index in [1.807, 2.05) is 42.5 Å². The summed E-state index contributed by atoms with van der Waals surface area (Å²) >= 11 is 1.17. The molecule has 0 saturated heterocycles. The quantitative estimate of drug-likeness (QED) is 0.172. The molecule has 1 N–H and O–H groups in total. The molecule has 0 aliphatic heterocycles. The van der Waals surface area contributed by atoms with Crippen molar-refractivity contribution in [3.8, 4) is 11.1 Å². The molecule has 12 heteroatoms. The van der Waals surface area contributed by atoms with Gasteiger partial charge in [0.25, 0.3) is 5.91 Å². The molecule has 0 radical (unpaired) electrons. The van der Waals surface area contributed by atoms with Crippen LogP contribution in [0.3, 0.4) is 0 Å². The van der Waals surface area contributed by atoms with Crippen molar-refractivity contribution in [2.45, 2.75) is 23.5 Å². The number of carbonyl (C=O) groups excluding carboxylic acids is 1. The van der Waals surface area contributed by atoms with E-state index in [-0.39, 0.29) is 10.5 Å². The van der Waals surface area contributed by atoms with Crippen LogP contribution in [0.2, 0.25) is 0 Å². The van der Waals surface area contributed by atoms with Crippen molar-refractivity contribution in [2.75, 3.05) is 17.8 Å². The monoisotopic (exact) mass is 632 g/mol. The van der Waals surface area contributed by atoms with Crippen LogP contribution in [0.4, 0.5) is 5.13 Å². The lowest BCUT2D eigenvalue weighted by molar-refractivity contribution is -0.111. The zero-order valence-corrected chi connectivity index (χ0v) is 26.2. The lowest BCUT2D eigenvalue weighted by Gasteiger charge is -2.24. The highest BCUT2D eigenvalue weighted by Gasteiger charge is 2.33. The number of rotatable bonds is 8. The molecule has 2 aromatic heterocycles. The van der Waals surface area contributed by atoms with Crippen LogP contribution in [0.15, 0.2) is 89.4 Å². The predicted molar refractivity (Wildman–Crippen MR) is 171 cm³/mol. The van der Waals surface area contributed by atoms with Crippen LogP contribution in [-0.2, 0) is 29.2 Å². The van der Waals surface area contributed by atoms with Crippen molar-refractivity contribution in [3.05, 3.63) is 101 Å². The summed E-state index contributed by atoms with van der Waals surface area (Å²) in [5.74, 6) is -0.446. The summed E-state index contributed by atoms with van der Waals surface area (Å²) in [6.07, 6.45) is 5.74. The van der Waals surface area contributed by atoms with Crippen LogP contribution in [0.1, 0.15) is 30.5 Å². The van der Waals surface area contributed by atoms with Gasteiger partial charge in [-0.2, -0.15) is 0 Å². The highest BCUT2D eigenvalue weighted by Crippen LogP contribution is 2.37. The fraction of sp³-hybridized carbons (Fsp3) is 0.161. The number of carbonyl (C=O) groups is 1. The van der Waals surface area contributed by atoms with Gasteiger partial charge in [-0.15, -0.1) is 10.2 Å². The SMILES string of the molecule is CC(C)(c1cc(-c2cccc(/C=C(/C(=O)Nc3nncs3)c3ccc(S(C)(=O)=O)cc3)c2)c2ncccc2c1)S(C)(=O)=O. The second-order valence-electron chi connectivity index (χ2n) is 10.6. The Morgan fingerprint density at radius 1 is 0.930 bits per heavy atom. The molecular weight excluding hydrogens is 605 g/mol. The minimum Gasteiger partial charge on any atom is -0.296 e. The smallest absolute Gasteiger partial charge is 0.258 e. The first-order chi connectivity index (χ1) is 20.2. The van der Waals surface area contributed by atoms with Crippen molar-refractivity contribution in [1.82, 2.24) is 15.2 Å². The summed E-state index contributed by atoms with van der Waals surface area (Å²) in [6.45, 7) is 3.36. The predicted octanol–water partition coefficient (Wildman–Crippen LogP) is 5.62. The Bertz CT molecular complexity index is 2090. The number of sulfone groups is 2. The molecule has 3 aromatic carbocycles. The van der Waals surface area contributed by atoms with E-state index in [2.05, 4.69) is 20.5 Å². The number of hydrogen-bond donors (Lipinski definition) is 1. The molecule has 5 rings (SSSR count). The number of nitrogens with zero attached hydrogens (tertiary/aromatic N) is 3. The molecule has 0 aliphatic rings. The van der Waals surface area contributed by atoms with E-state index in [1.54, 1.807) is 44.3 Å². The summed E-state index contributed by atoms with van der Waals surface area (Å²) in [4.78, 5) is 18.2. The van der Waals surface area contributed by atoms with Crippen molar-refractivity contribution in [3.63, 3.8) is 0 Å². The normalized spacial score (nSPS) is 12.8. The van der Waals surface area contributed by atoms with Gasteiger partial charge in [0, 0.05) is 35.2 Å². The minimum atomic E-state index is -3.44. The van der Waals surface area contributed by atoms with Gasteiger partial charge in [-0.05, 0) is 78.6 Å². The van der Waals surface area contributed by atoms with Gasteiger partial charge in [0.2, 0.25) is 5.13 Å². The maximum absolute atomic E-state index is 13.5. The summed E-state index contributed by atoms with van der Waals surface area (Å²) in [7, 11) is -6.87. The van der Waals surface area contributed by atoms with Gasteiger partial charge in [0.1, 0.15) is 5.51 Å². The zero-order valence-electron chi connectivity index (χ0n) is 23.8. The molecule has 0 fully saturated rings. The second-order valence-corrected chi connectivity index (χ2v) is 16.0. The van der Waals surface area contributed by atoms with E-state index in [0.29, 0.717) is 27.3 Å².